The molecule has 0 saturated carbocycles. The summed E-state index contributed by atoms with van der Waals surface area (Å²) in [5.74, 6) is 0. The van der Waals surface area contributed by atoms with Crippen LogP contribution in [0.5, 0.6) is 0 Å². The number of hydrogen-bond acceptors (Lipinski definition) is 2. The van der Waals surface area contributed by atoms with Gasteiger partial charge in [-0.3, -0.25) is 0 Å². The quantitative estimate of drug-likeness (QED) is 0.864. The van der Waals surface area contributed by atoms with Gasteiger partial charge in [0.2, 0.25) is 0 Å². The van der Waals surface area contributed by atoms with Crippen LogP contribution in [0.2, 0.25) is 0 Å². The van der Waals surface area contributed by atoms with Gasteiger partial charge in [-0.05, 0) is 32.4 Å². The van der Waals surface area contributed by atoms with Gasteiger partial charge >= 0.3 is 0 Å². The Morgan fingerprint density at radius 2 is 2.00 bits per heavy atom. The van der Waals surface area contributed by atoms with Crippen LogP contribution in [0.15, 0.2) is 28.7 Å². The lowest BCUT2D eigenvalue weighted by atomic mass is 10.1. The predicted octanol–water partition coefficient (Wildman–Crippen LogP) is 3.52. The number of nitrogens with one attached hydrogen (secondary N) is 1. The highest BCUT2D eigenvalue weighted by Crippen LogP contribution is 2.22. The van der Waals surface area contributed by atoms with E-state index in [4.69, 9.17) is 4.74 Å². The maximum Gasteiger partial charge on any atom is 0.0616 e. The lowest BCUT2D eigenvalue weighted by molar-refractivity contribution is 0.124. The fourth-order valence-electron chi connectivity index (χ4n) is 1.69. The summed E-state index contributed by atoms with van der Waals surface area (Å²) >= 11 is 3.57. The largest absolute Gasteiger partial charge is 0.380 e. The number of halogens is 1. The van der Waals surface area contributed by atoms with Crippen molar-refractivity contribution in [3.05, 3.63) is 34.3 Å². The van der Waals surface area contributed by atoms with Crippen molar-refractivity contribution in [1.29, 1.82) is 0 Å². The molecule has 3 heteroatoms. The third kappa shape index (κ3) is 4.24. The fraction of sp³-hybridized carbons (Fsp3) is 0.538. The molecule has 0 amide bonds. The highest BCUT2D eigenvalue weighted by molar-refractivity contribution is 9.10. The van der Waals surface area contributed by atoms with Gasteiger partial charge in [0, 0.05) is 23.2 Å². The smallest absolute Gasteiger partial charge is 0.0616 e. The van der Waals surface area contributed by atoms with Crippen molar-refractivity contribution >= 4 is 15.9 Å². The molecule has 1 rings (SSSR count). The molecule has 1 aromatic rings. The summed E-state index contributed by atoms with van der Waals surface area (Å²) in [6.07, 6.45) is 0. The van der Waals surface area contributed by atoms with Gasteiger partial charge < -0.3 is 10.1 Å². The lowest BCUT2D eigenvalue weighted by Crippen LogP contribution is -2.33. The van der Waals surface area contributed by atoms with Crippen molar-refractivity contribution in [2.75, 3.05) is 13.2 Å². The maximum absolute atomic E-state index is 5.39. The molecule has 90 valence electrons. The first kappa shape index (κ1) is 13.7. The number of hydrogen-bond donors (Lipinski definition) is 1. The van der Waals surface area contributed by atoms with Gasteiger partial charge in [-0.15, -0.1) is 0 Å². The van der Waals surface area contributed by atoms with Crippen LogP contribution in [-0.4, -0.2) is 19.3 Å². The number of benzene rings is 1. The zero-order valence-corrected chi connectivity index (χ0v) is 11.8. The predicted molar refractivity (Wildman–Crippen MR) is 71.6 cm³/mol. The zero-order valence-electron chi connectivity index (χ0n) is 10.2. The molecule has 1 N–H and O–H groups in total. The minimum atomic E-state index is 0.325. The molecule has 0 spiro atoms. The Balaban J connectivity index is 2.52. The molecule has 0 saturated heterocycles. The summed E-state index contributed by atoms with van der Waals surface area (Å²) in [5.41, 5.74) is 1.28. The maximum atomic E-state index is 5.39. The average molecular weight is 286 g/mol. The second kappa shape index (κ2) is 7.05. The normalized spacial score (nSPS) is 14.8. The highest BCUT2D eigenvalue weighted by atomic mass is 79.9. The molecule has 0 bridgehead atoms. The van der Waals surface area contributed by atoms with E-state index >= 15 is 0 Å². The van der Waals surface area contributed by atoms with Crippen molar-refractivity contribution in [1.82, 2.24) is 5.32 Å². The summed E-state index contributed by atoms with van der Waals surface area (Å²) < 4.78 is 6.54. The first-order valence-electron chi connectivity index (χ1n) is 5.73. The zero-order chi connectivity index (χ0) is 12.0. The molecule has 2 nitrogen and oxygen atoms in total. The van der Waals surface area contributed by atoms with Crippen molar-refractivity contribution in [3.8, 4) is 0 Å². The molecule has 0 aromatic heterocycles. The number of ether oxygens (including phenoxy) is 1. The van der Waals surface area contributed by atoms with Gasteiger partial charge in [-0.25, -0.2) is 0 Å². The second-order valence-electron chi connectivity index (χ2n) is 3.97. The molecule has 2 unspecified atom stereocenters. The Morgan fingerprint density at radius 1 is 1.31 bits per heavy atom. The topological polar surface area (TPSA) is 21.3 Å². The van der Waals surface area contributed by atoms with Crippen molar-refractivity contribution in [2.45, 2.75) is 32.9 Å². The van der Waals surface area contributed by atoms with Crippen LogP contribution >= 0.6 is 15.9 Å². The molecule has 16 heavy (non-hydrogen) atoms. The summed E-state index contributed by atoms with van der Waals surface area (Å²) in [6.45, 7) is 7.86. The standard InChI is InChI=1S/C13H20BrNO/c1-4-16-9-10(2)15-11(3)12-7-5-6-8-13(12)14/h5-8,10-11,15H,4,9H2,1-3H3. The summed E-state index contributed by atoms with van der Waals surface area (Å²) in [6, 6.07) is 8.98. The minimum Gasteiger partial charge on any atom is -0.380 e. The molecule has 2 atom stereocenters. The van der Waals surface area contributed by atoms with E-state index in [1.807, 2.05) is 13.0 Å². The van der Waals surface area contributed by atoms with Crippen LogP contribution < -0.4 is 5.32 Å². The Hall–Kier alpha value is -0.380. The lowest BCUT2D eigenvalue weighted by Gasteiger charge is -2.21. The van der Waals surface area contributed by atoms with Gasteiger partial charge in [0.1, 0.15) is 0 Å². The van der Waals surface area contributed by atoms with Gasteiger partial charge in [-0.1, -0.05) is 34.1 Å². The molecule has 0 heterocycles. The number of rotatable bonds is 6. The van der Waals surface area contributed by atoms with Crippen LogP contribution in [0.1, 0.15) is 32.4 Å². The van der Waals surface area contributed by atoms with E-state index in [0.29, 0.717) is 12.1 Å². The van der Waals surface area contributed by atoms with Crippen LogP contribution in [-0.2, 0) is 4.74 Å². The molecule has 1 aromatic carbocycles. The molecular weight excluding hydrogens is 266 g/mol. The average Bonchev–Trinajstić information content (AvgIpc) is 2.26. The van der Waals surface area contributed by atoms with Crippen LogP contribution in [0.4, 0.5) is 0 Å². The molecule has 0 aliphatic heterocycles. The third-order valence-corrected chi connectivity index (χ3v) is 3.20. The van der Waals surface area contributed by atoms with Crippen LogP contribution in [0.25, 0.3) is 0 Å². The van der Waals surface area contributed by atoms with E-state index in [9.17, 15) is 0 Å². The molecule has 0 aliphatic carbocycles. The van der Waals surface area contributed by atoms with Gasteiger partial charge in [0.25, 0.3) is 0 Å². The SMILES string of the molecule is CCOCC(C)NC(C)c1ccccc1Br. The Labute approximate surface area is 107 Å². The van der Waals surface area contributed by atoms with Crippen LogP contribution in [0, 0.1) is 0 Å². The minimum absolute atomic E-state index is 0.325. The van der Waals surface area contributed by atoms with E-state index in [2.05, 4.69) is 53.3 Å². The van der Waals surface area contributed by atoms with Gasteiger partial charge in [-0.2, -0.15) is 0 Å². The van der Waals surface area contributed by atoms with Crippen molar-refractivity contribution in [2.24, 2.45) is 0 Å². The van der Waals surface area contributed by atoms with Crippen molar-refractivity contribution < 1.29 is 4.74 Å². The molecule has 0 radical (unpaired) electrons. The second-order valence-corrected chi connectivity index (χ2v) is 4.82. The summed E-state index contributed by atoms with van der Waals surface area (Å²) in [5, 5.41) is 3.52. The Kier molecular flexibility index (Phi) is 6.03. The molecule has 0 fully saturated rings. The fourth-order valence-corrected chi connectivity index (χ4v) is 2.31. The summed E-state index contributed by atoms with van der Waals surface area (Å²) in [7, 11) is 0. The summed E-state index contributed by atoms with van der Waals surface area (Å²) in [4.78, 5) is 0. The van der Waals surface area contributed by atoms with E-state index in [1.165, 1.54) is 5.56 Å². The first-order chi connectivity index (χ1) is 7.65. The van der Waals surface area contributed by atoms with Crippen LogP contribution in [0.3, 0.4) is 0 Å². The monoisotopic (exact) mass is 285 g/mol. The van der Waals surface area contributed by atoms with E-state index in [0.717, 1.165) is 17.7 Å². The van der Waals surface area contributed by atoms with Gasteiger partial charge in [0.05, 0.1) is 6.61 Å². The Bertz CT molecular complexity index is 317. The Morgan fingerprint density at radius 3 is 2.62 bits per heavy atom. The first-order valence-corrected chi connectivity index (χ1v) is 6.52. The molecular formula is C13H20BrNO. The van der Waals surface area contributed by atoms with E-state index in [1.54, 1.807) is 0 Å². The third-order valence-electron chi connectivity index (χ3n) is 2.48. The highest BCUT2D eigenvalue weighted by Gasteiger charge is 2.11. The molecule has 0 aliphatic rings. The van der Waals surface area contributed by atoms with Gasteiger partial charge in [0.15, 0.2) is 0 Å². The van der Waals surface area contributed by atoms with Crippen molar-refractivity contribution in [3.63, 3.8) is 0 Å². The van der Waals surface area contributed by atoms with E-state index < -0.39 is 0 Å². The van der Waals surface area contributed by atoms with E-state index in [-0.39, 0.29) is 0 Å².